The number of hydrogen-bond acceptors (Lipinski definition) is 3. The molecule has 0 N–H and O–H groups in total. The smallest absolute Gasteiger partial charge is 0.211 e. The van der Waals surface area contributed by atoms with Gasteiger partial charge >= 0.3 is 0 Å². The van der Waals surface area contributed by atoms with Gasteiger partial charge in [-0.05, 0) is 28.9 Å². The summed E-state index contributed by atoms with van der Waals surface area (Å²) < 4.78 is 2.79. The number of aryl methyl sites for hydroxylation is 1. The van der Waals surface area contributed by atoms with Gasteiger partial charge in [-0.1, -0.05) is 11.3 Å². The van der Waals surface area contributed by atoms with Crippen LogP contribution in [0.3, 0.4) is 0 Å². The Morgan fingerprint density at radius 2 is 2.42 bits per heavy atom. The minimum Gasteiger partial charge on any atom is -0.226 e. The van der Waals surface area contributed by atoms with Crippen LogP contribution in [-0.4, -0.2) is 14.8 Å². The Kier molecular flexibility index (Phi) is 1.98. The zero-order chi connectivity index (χ0) is 8.55. The van der Waals surface area contributed by atoms with Crippen molar-refractivity contribution in [3.63, 3.8) is 0 Å². The van der Waals surface area contributed by atoms with Crippen LogP contribution in [0.5, 0.6) is 0 Å². The second kappa shape index (κ2) is 2.99. The normalized spacial score (nSPS) is 10.5. The summed E-state index contributed by atoms with van der Waals surface area (Å²) in [6.07, 6.45) is 3.68. The lowest BCUT2D eigenvalue weighted by Crippen LogP contribution is -1.92. The van der Waals surface area contributed by atoms with Crippen molar-refractivity contribution in [1.82, 2.24) is 14.8 Å². The predicted octanol–water partition coefficient (Wildman–Crippen LogP) is 2.40. The van der Waals surface area contributed by atoms with Crippen molar-refractivity contribution in [2.45, 2.75) is 6.92 Å². The molecule has 0 radical (unpaired) electrons. The van der Waals surface area contributed by atoms with Crippen molar-refractivity contribution in [1.29, 1.82) is 0 Å². The molecule has 0 amide bonds. The van der Waals surface area contributed by atoms with Crippen LogP contribution in [0.15, 0.2) is 22.2 Å². The molecule has 12 heavy (non-hydrogen) atoms. The van der Waals surface area contributed by atoms with Gasteiger partial charge in [-0.3, -0.25) is 0 Å². The van der Waals surface area contributed by atoms with Crippen LogP contribution in [0.4, 0.5) is 0 Å². The van der Waals surface area contributed by atoms with E-state index in [9.17, 15) is 0 Å². The van der Waals surface area contributed by atoms with Gasteiger partial charge in [0.15, 0.2) is 0 Å². The topological polar surface area (TPSA) is 30.7 Å². The van der Waals surface area contributed by atoms with Gasteiger partial charge in [0.25, 0.3) is 0 Å². The molecule has 2 aromatic rings. The van der Waals surface area contributed by atoms with Gasteiger partial charge in [0.1, 0.15) is 0 Å². The van der Waals surface area contributed by atoms with E-state index in [4.69, 9.17) is 0 Å². The van der Waals surface area contributed by atoms with Crippen molar-refractivity contribution in [3.05, 3.63) is 27.9 Å². The molecule has 0 aromatic carbocycles. The summed E-state index contributed by atoms with van der Waals surface area (Å²) in [5.74, 6) is 0. The van der Waals surface area contributed by atoms with E-state index in [1.807, 2.05) is 19.2 Å². The number of nitrogens with zero attached hydrogens (tertiary/aromatic N) is 3. The summed E-state index contributed by atoms with van der Waals surface area (Å²) in [4.78, 5) is 4.17. The van der Waals surface area contributed by atoms with Gasteiger partial charge in [0.05, 0.1) is 15.7 Å². The van der Waals surface area contributed by atoms with Crippen LogP contribution in [-0.2, 0) is 0 Å². The Morgan fingerprint density at radius 1 is 1.58 bits per heavy atom. The molecule has 3 nitrogen and oxygen atoms in total. The second-order valence-electron chi connectivity index (χ2n) is 2.35. The van der Waals surface area contributed by atoms with Crippen LogP contribution < -0.4 is 0 Å². The second-order valence-corrected chi connectivity index (χ2v) is 4.74. The molecule has 0 unspecified atom stereocenters. The Balaban J connectivity index is 2.43. The van der Waals surface area contributed by atoms with Gasteiger partial charge in [0, 0.05) is 6.20 Å². The highest BCUT2D eigenvalue weighted by Crippen LogP contribution is 2.21. The molecule has 0 aliphatic rings. The average Bonchev–Trinajstić information content (AvgIpc) is 2.58. The number of hydrogen-bond donors (Lipinski definition) is 0. The van der Waals surface area contributed by atoms with E-state index >= 15 is 0 Å². The Labute approximate surface area is 82.2 Å². The maximum atomic E-state index is 4.24. The highest BCUT2D eigenvalue weighted by atomic mass is 79.9. The molecule has 0 bridgehead atoms. The fraction of sp³-hybridized carbons (Fsp3) is 0.143. The zero-order valence-electron chi connectivity index (χ0n) is 6.36. The molecule has 2 heterocycles. The Morgan fingerprint density at radius 3 is 2.92 bits per heavy atom. The third-order valence-electron chi connectivity index (χ3n) is 1.38. The van der Waals surface area contributed by atoms with Crippen molar-refractivity contribution < 1.29 is 0 Å². The van der Waals surface area contributed by atoms with Gasteiger partial charge < -0.3 is 0 Å². The van der Waals surface area contributed by atoms with E-state index in [1.54, 1.807) is 22.2 Å². The van der Waals surface area contributed by atoms with Crippen LogP contribution in [0.1, 0.15) is 5.69 Å². The van der Waals surface area contributed by atoms with Gasteiger partial charge in [-0.15, -0.1) is 0 Å². The van der Waals surface area contributed by atoms with Crippen molar-refractivity contribution in [2.24, 2.45) is 0 Å². The fourth-order valence-corrected chi connectivity index (χ4v) is 1.99. The lowest BCUT2D eigenvalue weighted by atomic mass is 10.5. The highest BCUT2D eigenvalue weighted by Gasteiger charge is 2.02. The molecule has 5 heteroatoms. The van der Waals surface area contributed by atoms with Gasteiger partial charge in [-0.25, -0.2) is 9.67 Å². The summed E-state index contributed by atoms with van der Waals surface area (Å²) in [6.45, 7) is 1.96. The van der Waals surface area contributed by atoms with E-state index in [1.165, 1.54) is 0 Å². The standard InChI is InChI=1S/C7H6BrN3S/c1-5-2-3-11(10-5)7-9-4-6(8)12-7/h2-4H,1H3. The minimum absolute atomic E-state index is 0.884. The lowest BCUT2D eigenvalue weighted by molar-refractivity contribution is 0.853. The Hall–Kier alpha value is -0.680. The summed E-state index contributed by atoms with van der Waals surface area (Å²) in [5, 5.41) is 5.12. The molecule has 0 saturated carbocycles. The molecule has 0 atom stereocenters. The molecular formula is C7H6BrN3S. The van der Waals surface area contributed by atoms with Gasteiger partial charge in [-0.2, -0.15) is 5.10 Å². The average molecular weight is 244 g/mol. The van der Waals surface area contributed by atoms with Crippen LogP contribution in [0.25, 0.3) is 5.13 Å². The first-order chi connectivity index (χ1) is 5.75. The third kappa shape index (κ3) is 1.42. The van der Waals surface area contributed by atoms with Crippen LogP contribution in [0.2, 0.25) is 0 Å². The molecule has 0 aliphatic heterocycles. The fourth-order valence-electron chi connectivity index (χ4n) is 0.873. The largest absolute Gasteiger partial charge is 0.226 e. The summed E-state index contributed by atoms with van der Waals surface area (Å²) in [7, 11) is 0. The zero-order valence-corrected chi connectivity index (χ0v) is 8.76. The SMILES string of the molecule is Cc1ccn(-c2ncc(Br)s2)n1. The molecule has 0 spiro atoms. The molecule has 0 aliphatic carbocycles. The monoisotopic (exact) mass is 243 g/mol. The lowest BCUT2D eigenvalue weighted by Gasteiger charge is -1.91. The molecule has 0 saturated heterocycles. The van der Waals surface area contributed by atoms with E-state index in [0.717, 1.165) is 14.6 Å². The quantitative estimate of drug-likeness (QED) is 0.771. The van der Waals surface area contributed by atoms with Gasteiger partial charge in [0.2, 0.25) is 5.13 Å². The third-order valence-corrected chi connectivity index (χ3v) is 2.85. The van der Waals surface area contributed by atoms with E-state index in [0.29, 0.717) is 0 Å². The molecular weight excluding hydrogens is 238 g/mol. The van der Waals surface area contributed by atoms with Crippen molar-refractivity contribution in [2.75, 3.05) is 0 Å². The van der Waals surface area contributed by atoms with E-state index in [-0.39, 0.29) is 0 Å². The van der Waals surface area contributed by atoms with Crippen LogP contribution in [0, 0.1) is 6.92 Å². The summed E-state index contributed by atoms with van der Waals surface area (Å²) >= 11 is 4.91. The maximum absolute atomic E-state index is 4.24. The first-order valence-electron chi connectivity index (χ1n) is 3.40. The van der Waals surface area contributed by atoms with Crippen LogP contribution >= 0.6 is 27.3 Å². The minimum atomic E-state index is 0.884. The summed E-state index contributed by atoms with van der Waals surface area (Å²) in [5.41, 5.74) is 1.00. The molecule has 2 rings (SSSR count). The number of thiazole rings is 1. The van der Waals surface area contributed by atoms with E-state index < -0.39 is 0 Å². The summed E-state index contributed by atoms with van der Waals surface area (Å²) in [6, 6.07) is 1.95. The number of halogens is 1. The number of rotatable bonds is 1. The van der Waals surface area contributed by atoms with Crippen molar-refractivity contribution in [3.8, 4) is 5.13 Å². The molecule has 0 fully saturated rings. The highest BCUT2D eigenvalue weighted by molar-refractivity contribution is 9.11. The first kappa shape index (κ1) is 7.94. The predicted molar refractivity (Wildman–Crippen MR) is 51.7 cm³/mol. The van der Waals surface area contributed by atoms with E-state index in [2.05, 4.69) is 26.0 Å². The number of aromatic nitrogens is 3. The molecule has 62 valence electrons. The maximum Gasteiger partial charge on any atom is 0.211 e. The van der Waals surface area contributed by atoms with Crippen molar-refractivity contribution >= 4 is 27.3 Å². The molecule has 2 aromatic heterocycles. The Bertz CT molecular complexity index is 355. The first-order valence-corrected chi connectivity index (χ1v) is 5.00.